The summed E-state index contributed by atoms with van der Waals surface area (Å²) in [5.74, 6) is -1.29. The fourth-order valence-corrected chi connectivity index (χ4v) is 2.54. The van der Waals surface area contributed by atoms with Crippen molar-refractivity contribution in [2.24, 2.45) is 0 Å². The number of benzene rings is 1. The molecule has 7 heteroatoms. The average Bonchev–Trinajstić information content (AvgIpc) is 3.01. The number of ether oxygens (including phenoxy) is 2. The molecule has 1 aromatic carbocycles. The summed E-state index contributed by atoms with van der Waals surface area (Å²) in [4.78, 5) is 29.3. The SMILES string of the molecule is COC(=O)C1=C(C(=O)OC)N2OC1c1cc(Cl)ccc12. The number of nitrogens with zero attached hydrogens (tertiary/aromatic N) is 1. The predicted molar refractivity (Wildman–Crippen MR) is 68.8 cm³/mol. The van der Waals surface area contributed by atoms with Crippen LogP contribution >= 0.6 is 11.6 Å². The van der Waals surface area contributed by atoms with E-state index in [9.17, 15) is 9.59 Å². The summed E-state index contributed by atoms with van der Waals surface area (Å²) in [6.07, 6.45) is -0.703. The maximum absolute atomic E-state index is 11.9. The largest absolute Gasteiger partial charge is 0.466 e. The standard InChI is InChI=1S/C13H10ClNO5/c1-18-12(16)9-10(13(17)19-2)15-8-4-3-6(14)5-7(8)11(9)20-15/h3-5,11H,1-2H3. The molecule has 0 aliphatic carbocycles. The summed E-state index contributed by atoms with van der Waals surface area (Å²) in [7, 11) is 2.48. The molecule has 1 aromatic rings. The molecule has 0 spiro atoms. The lowest BCUT2D eigenvalue weighted by Gasteiger charge is -2.18. The second-order valence-corrected chi connectivity index (χ2v) is 4.66. The number of hydroxylamine groups is 1. The molecule has 3 rings (SSSR count). The van der Waals surface area contributed by atoms with E-state index < -0.39 is 18.0 Å². The molecular weight excluding hydrogens is 286 g/mol. The summed E-state index contributed by atoms with van der Waals surface area (Å²) < 4.78 is 9.41. The Morgan fingerprint density at radius 1 is 1.25 bits per heavy atom. The van der Waals surface area contributed by atoms with Gasteiger partial charge in [0.2, 0.25) is 0 Å². The molecule has 2 aliphatic rings. The Morgan fingerprint density at radius 2 is 1.95 bits per heavy atom. The zero-order valence-electron chi connectivity index (χ0n) is 10.7. The van der Waals surface area contributed by atoms with E-state index in [0.29, 0.717) is 16.3 Å². The molecule has 0 fully saturated rings. The number of anilines is 1. The van der Waals surface area contributed by atoms with E-state index in [0.717, 1.165) is 0 Å². The van der Waals surface area contributed by atoms with Crippen LogP contribution in [0.5, 0.6) is 0 Å². The van der Waals surface area contributed by atoms with E-state index >= 15 is 0 Å². The van der Waals surface area contributed by atoms with Gasteiger partial charge in [0, 0.05) is 10.6 Å². The van der Waals surface area contributed by atoms with E-state index in [1.807, 2.05) is 0 Å². The van der Waals surface area contributed by atoms with Gasteiger partial charge in [0.1, 0.15) is 11.7 Å². The van der Waals surface area contributed by atoms with Crippen LogP contribution < -0.4 is 5.06 Å². The van der Waals surface area contributed by atoms with Crippen molar-refractivity contribution in [2.75, 3.05) is 19.3 Å². The molecule has 104 valence electrons. The van der Waals surface area contributed by atoms with Gasteiger partial charge in [0.15, 0.2) is 5.70 Å². The highest BCUT2D eigenvalue weighted by molar-refractivity contribution is 6.30. The Balaban J connectivity index is 2.16. The van der Waals surface area contributed by atoms with Crippen LogP contribution in [0.25, 0.3) is 0 Å². The van der Waals surface area contributed by atoms with E-state index in [-0.39, 0.29) is 11.3 Å². The first-order chi connectivity index (χ1) is 9.58. The molecule has 1 unspecified atom stereocenters. The first-order valence-electron chi connectivity index (χ1n) is 5.75. The highest BCUT2D eigenvalue weighted by Crippen LogP contribution is 2.51. The summed E-state index contributed by atoms with van der Waals surface area (Å²) in [5, 5.41) is 1.80. The number of hydrogen-bond acceptors (Lipinski definition) is 6. The lowest BCUT2D eigenvalue weighted by atomic mass is 9.96. The summed E-state index contributed by atoms with van der Waals surface area (Å²) >= 11 is 5.95. The molecule has 0 aromatic heterocycles. The highest BCUT2D eigenvalue weighted by atomic mass is 35.5. The first kappa shape index (κ1) is 13.0. The van der Waals surface area contributed by atoms with Crippen LogP contribution in [0.15, 0.2) is 29.5 Å². The Hall–Kier alpha value is -2.05. The molecule has 2 aliphatic heterocycles. The zero-order chi connectivity index (χ0) is 14.4. The lowest BCUT2D eigenvalue weighted by Crippen LogP contribution is -2.25. The van der Waals surface area contributed by atoms with Crippen molar-refractivity contribution >= 4 is 29.2 Å². The molecule has 0 N–H and O–H groups in total. The van der Waals surface area contributed by atoms with Gasteiger partial charge in [-0.2, -0.15) is 0 Å². The van der Waals surface area contributed by atoms with E-state index in [2.05, 4.69) is 0 Å². The number of halogens is 1. The maximum Gasteiger partial charge on any atom is 0.357 e. The molecule has 6 nitrogen and oxygen atoms in total. The third-order valence-electron chi connectivity index (χ3n) is 3.21. The van der Waals surface area contributed by atoms with Crippen LogP contribution in [-0.2, 0) is 23.9 Å². The highest BCUT2D eigenvalue weighted by Gasteiger charge is 2.49. The molecule has 0 saturated heterocycles. The minimum atomic E-state index is -0.703. The molecule has 20 heavy (non-hydrogen) atoms. The predicted octanol–water partition coefficient (Wildman–Crippen LogP) is 1.75. The Bertz CT molecular complexity index is 654. The van der Waals surface area contributed by atoms with Crippen LogP contribution in [0.4, 0.5) is 5.69 Å². The molecule has 2 heterocycles. The van der Waals surface area contributed by atoms with Gasteiger partial charge < -0.3 is 9.47 Å². The molecule has 0 radical (unpaired) electrons. The number of hydrogen-bond donors (Lipinski definition) is 0. The molecular formula is C13H10ClNO5. The van der Waals surface area contributed by atoms with Gasteiger partial charge in [-0.05, 0) is 18.2 Å². The van der Waals surface area contributed by atoms with Crippen molar-refractivity contribution in [3.05, 3.63) is 40.1 Å². The lowest BCUT2D eigenvalue weighted by molar-refractivity contribution is -0.139. The van der Waals surface area contributed by atoms with Gasteiger partial charge in [0.05, 0.1) is 19.9 Å². The van der Waals surface area contributed by atoms with Crippen LogP contribution in [-0.4, -0.2) is 26.2 Å². The average molecular weight is 296 g/mol. The maximum atomic E-state index is 11.9. The number of carbonyl (C=O) groups excluding carboxylic acids is 2. The van der Waals surface area contributed by atoms with Crippen molar-refractivity contribution in [3.8, 4) is 0 Å². The first-order valence-corrected chi connectivity index (χ1v) is 6.13. The Kier molecular flexibility index (Phi) is 2.92. The monoisotopic (exact) mass is 295 g/mol. The molecule has 0 amide bonds. The number of carbonyl (C=O) groups is 2. The third-order valence-corrected chi connectivity index (χ3v) is 3.44. The van der Waals surface area contributed by atoms with E-state index in [1.54, 1.807) is 18.2 Å². The fourth-order valence-electron chi connectivity index (χ4n) is 2.36. The second-order valence-electron chi connectivity index (χ2n) is 4.23. The second kappa shape index (κ2) is 4.50. The molecule has 1 atom stereocenters. The van der Waals surface area contributed by atoms with E-state index in [1.165, 1.54) is 19.3 Å². The summed E-state index contributed by atoms with van der Waals surface area (Å²) in [6, 6.07) is 5.09. The molecule has 2 bridgehead atoms. The normalized spacial score (nSPS) is 19.1. The number of esters is 2. The van der Waals surface area contributed by atoms with Crippen LogP contribution in [0.1, 0.15) is 11.7 Å². The van der Waals surface area contributed by atoms with Crippen LogP contribution in [0.3, 0.4) is 0 Å². The molecule has 0 saturated carbocycles. The van der Waals surface area contributed by atoms with Gasteiger partial charge >= 0.3 is 11.9 Å². The van der Waals surface area contributed by atoms with Crippen molar-refractivity contribution in [2.45, 2.75) is 6.10 Å². The van der Waals surface area contributed by atoms with E-state index in [4.69, 9.17) is 25.9 Å². The minimum Gasteiger partial charge on any atom is -0.466 e. The number of rotatable bonds is 2. The van der Waals surface area contributed by atoms with Crippen molar-refractivity contribution < 1.29 is 23.9 Å². The Morgan fingerprint density at radius 3 is 2.60 bits per heavy atom. The van der Waals surface area contributed by atoms with Gasteiger partial charge in [-0.1, -0.05) is 11.6 Å². The number of fused-ring (bicyclic) bond motifs is 5. The van der Waals surface area contributed by atoms with Gasteiger partial charge in [0.25, 0.3) is 0 Å². The van der Waals surface area contributed by atoms with Crippen molar-refractivity contribution in [1.29, 1.82) is 0 Å². The van der Waals surface area contributed by atoms with Gasteiger partial charge in [-0.3, -0.25) is 4.84 Å². The summed E-state index contributed by atoms with van der Waals surface area (Å²) in [5.41, 5.74) is 1.53. The van der Waals surface area contributed by atoms with Crippen molar-refractivity contribution in [3.63, 3.8) is 0 Å². The quantitative estimate of drug-likeness (QED) is 0.775. The van der Waals surface area contributed by atoms with Crippen LogP contribution in [0, 0.1) is 0 Å². The Labute approximate surface area is 119 Å². The van der Waals surface area contributed by atoms with Crippen LogP contribution in [0.2, 0.25) is 5.02 Å². The van der Waals surface area contributed by atoms with Gasteiger partial charge in [-0.15, -0.1) is 0 Å². The zero-order valence-corrected chi connectivity index (χ0v) is 11.4. The van der Waals surface area contributed by atoms with Gasteiger partial charge in [-0.25, -0.2) is 14.7 Å². The fraction of sp³-hybridized carbons (Fsp3) is 0.231. The minimum absolute atomic E-state index is 0.0409. The topological polar surface area (TPSA) is 65.1 Å². The third kappa shape index (κ3) is 1.62. The smallest absolute Gasteiger partial charge is 0.357 e. The summed E-state index contributed by atoms with van der Waals surface area (Å²) in [6.45, 7) is 0. The van der Waals surface area contributed by atoms with Crippen molar-refractivity contribution in [1.82, 2.24) is 0 Å². The number of methoxy groups -OCH3 is 2.